The summed E-state index contributed by atoms with van der Waals surface area (Å²) in [5.74, 6) is 2.30. The summed E-state index contributed by atoms with van der Waals surface area (Å²) in [5.41, 5.74) is 7.84. The Labute approximate surface area is 122 Å². The monoisotopic (exact) mass is 277 g/mol. The Morgan fingerprint density at radius 2 is 1.75 bits per heavy atom. The van der Waals surface area contributed by atoms with E-state index in [0.29, 0.717) is 12.0 Å². The van der Waals surface area contributed by atoms with Gasteiger partial charge in [-0.15, -0.1) is 0 Å². The predicted octanol–water partition coefficient (Wildman–Crippen LogP) is 3.36. The second-order valence-corrected chi connectivity index (χ2v) is 7.03. The average Bonchev–Trinajstić information content (AvgIpc) is 2.36. The van der Waals surface area contributed by atoms with Crippen LogP contribution in [-0.2, 0) is 5.41 Å². The third-order valence-corrected chi connectivity index (χ3v) is 4.89. The van der Waals surface area contributed by atoms with Crippen LogP contribution in [0.2, 0.25) is 0 Å². The molecule has 1 fully saturated rings. The molecule has 1 saturated carbocycles. The minimum Gasteiger partial charge on any atom is -0.493 e. The van der Waals surface area contributed by atoms with Gasteiger partial charge in [0.25, 0.3) is 0 Å². The van der Waals surface area contributed by atoms with Gasteiger partial charge in [0.2, 0.25) is 0 Å². The van der Waals surface area contributed by atoms with E-state index in [1.54, 1.807) is 14.2 Å². The standard InChI is InChI=1S/C17H27NO2/c1-16(2,3)13-9-17(10-13,11-18)12-6-7-14(19-4)15(8-12)20-5/h6-8,13H,9-11,18H2,1-5H3. The molecule has 2 rings (SSSR count). The minimum absolute atomic E-state index is 0.109. The molecule has 0 bridgehead atoms. The van der Waals surface area contributed by atoms with Crippen LogP contribution in [-0.4, -0.2) is 20.8 Å². The molecular formula is C17H27NO2. The van der Waals surface area contributed by atoms with E-state index in [0.717, 1.165) is 30.3 Å². The van der Waals surface area contributed by atoms with Crippen LogP contribution in [0.5, 0.6) is 11.5 Å². The van der Waals surface area contributed by atoms with E-state index in [9.17, 15) is 0 Å². The van der Waals surface area contributed by atoms with Gasteiger partial charge in [-0.2, -0.15) is 0 Å². The maximum atomic E-state index is 6.10. The Balaban J connectivity index is 2.26. The minimum atomic E-state index is 0.109. The Morgan fingerprint density at radius 1 is 1.15 bits per heavy atom. The quantitative estimate of drug-likeness (QED) is 0.918. The number of methoxy groups -OCH3 is 2. The molecule has 0 amide bonds. The van der Waals surface area contributed by atoms with Crippen LogP contribution in [0.15, 0.2) is 18.2 Å². The third kappa shape index (κ3) is 2.51. The molecule has 1 aromatic rings. The zero-order valence-corrected chi connectivity index (χ0v) is 13.3. The Bertz CT molecular complexity index is 470. The van der Waals surface area contributed by atoms with E-state index < -0.39 is 0 Å². The Kier molecular flexibility index (Phi) is 4.01. The number of hydrogen-bond donors (Lipinski definition) is 1. The van der Waals surface area contributed by atoms with Crippen LogP contribution >= 0.6 is 0 Å². The predicted molar refractivity (Wildman–Crippen MR) is 82.5 cm³/mol. The van der Waals surface area contributed by atoms with Crippen molar-refractivity contribution in [2.75, 3.05) is 20.8 Å². The van der Waals surface area contributed by atoms with E-state index in [1.165, 1.54) is 5.56 Å². The van der Waals surface area contributed by atoms with Gasteiger partial charge < -0.3 is 15.2 Å². The van der Waals surface area contributed by atoms with Gasteiger partial charge in [-0.05, 0) is 41.9 Å². The van der Waals surface area contributed by atoms with Crippen LogP contribution < -0.4 is 15.2 Å². The van der Waals surface area contributed by atoms with Crippen LogP contribution in [0, 0.1) is 11.3 Å². The van der Waals surface area contributed by atoms with Crippen molar-refractivity contribution in [2.24, 2.45) is 17.1 Å². The van der Waals surface area contributed by atoms with Crippen molar-refractivity contribution >= 4 is 0 Å². The highest BCUT2D eigenvalue weighted by atomic mass is 16.5. The molecule has 0 saturated heterocycles. The second kappa shape index (κ2) is 5.28. The zero-order chi connectivity index (χ0) is 15.0. The van der Waals surface area contributed by atoms with E-state index in [2.05, 4.69) is 32.9 Å². The number of hydrogen-bond acceptors (Lipinski definition) is 3. The fourth-order valence-corrected chi connectivity index (χ4v) is 3.18. The summed E-state index contributed by atoms with van der Waals surface area (Å²) in [6.07, 6.45) is 2.31. The van der Waals surface area contributed by atoms with Crippen molar-refractivity contribution in [1.29, 1.82) is 0 Å². The maximum Gasteiger partial charge on any atom is 0.161 e. The molecule has 0 spiro atoms. The lowest BCUT2D eigenvalue weighted by molar-refractivity contribution is 0.0502. The van der Waals surface area contributed by atoms with Crippen LogP contribution in [0.4, 0.5) is 0 Å². The molecule has 2 N–H and O–H groups in total. The number of nitrogens with two attached hydrogens (primary N) is 1. The maximum absolute atomic E-state index is 6.10. The van der Waals surface area contributed by atoms with E-state index in [-0.39, 0.29) is 5.41 Å². The highest BCUT2D eigenvalue weighted by molar-refractivity contribution is 5.46. The fourth-order valence-electron chi connectivity index (χ4n) is 3.18. The molecule has 0 aliphatic heterocycles. The summed E-state index contributed by atoms with van der Waals surface area (Å²) >= 11 is 0. The van der Waals surface area contributed by atoms with Crippen molar-refractivity contribution in [2.45, 2.75) is 39.0 Å². The second-order valence-electron chi connectivity index (χ2n) is 7.03. The first-order valence-electron chi connectivity index (χ1n) is 7.29. The summed E-state index contributed by atoms with van der Waals surface area (Å²) < 4.78 is 10.7. The highest BCUT2D eigenvalue weighted by Crippen LogP contribution is 2.54. The topological polar surface area (TPSA) is 44.5 Å². The van der Waals surface area contributed by atoms with E-state index >= 15 is 0 Å². The molecule has 3 nitrogen and oxygen atoms in total. The molecule has 0 atom stereocenters. The van der Waals surface area contributed by atoms with Crippen LogP contribution in [0.25, 0.3) is 0 Å². The van der Waals surface area contributed by atoms with Crippen molar-refractivity contribution in [3.63, 3.8) is 0 Å². The fraction of sp³-hybridized carbons (Fsp3) is 0.647. The van der Waals surface area contributed by atoms with Crippen molar-refractivity contribution in [3.05, 3.63) is 23.8 Å². The molecular weight excluding hydrogens is 250 g/mol. The summed E-state index contributed by atoms with van der Waals surface area (Å²) in [6, 6.07) is 6.20. The van der Waals surface area contributed by atoms with Gasteiger partial charge in [-0.3, -0.25) is 0 Å². The van der Waals surface area contributed by atoms with Gasteiger partial charge in [0.1, 0.15) is 0 Å². The SMILES string of the molecule is COc1ccc(C2(CN)CC(C(C)(C)C)C2)cc1OC. The van der Waals surface area contributed by atoms with Crippen LogP contribution in [0.1, 0.15) is 39.2 Å². The summed E-state index contributed by atoms with van der Waals surface area (Å²) in [6.45, 7) is 7.63. The molecule has 20 heavy (non-hydrogen) atoms. The third-order valence-electron chi connectivity index (χ3n) is 4.89. The molecule has 0 heterocycles. The molecule has 1 aliphatic rings. The lowest BCUT2D eigenvalue weighted by atomic mass is 9.52. The lowest BCUT2D eigenvalue weighted by Gasteiger charge is -2.53. The van der Waals surface area contributed by atoms with E-state index in [1.807, 2.05) is 6.07 Å². The molecule has 1 aliphatic carbocycles. The Morgan fingerprint density at radius 3 is 2.20 bits per heavy atom. The zero-order valence-electron chi connectivity index (χ0n) is 13.3. The summed E-state index contributed by atoms with van der Waals surface area (Å²) in [7, 11) is 3.34. The highest BCUT2D eigenvalue weighted by Gasteiger charge is 2.48. The van der Waals surface area contributed by atoms with Gasteiger partial charge >= 0.3 is 0 Å². The molecule has 3 heteroatoms. The molecule has 112 valence electrons. The summed E-state index contributed by atoms with van der Waals surface area (Å²) in [4.78, 5) is 0. The lowest BCUT2D eigenvalue weighted by Crippen LogP contribution is -2.50. The normalized spacial score (nSPS) is 26.0. The van der Waals surface area contributed by atoms with Crippen molar-refractivity contribution < 1.29 is 9.47 Å². The van der Waals surface area contributed by atoms with Gasteiger partial charge in [0, 0.05) is 12.0 Å². The average molecular weight is 277 g/mol. The van der Waals surface area contributed by atoms with E-state index in [4.69, 9.17) is 15.2 Å². The summed E-state index contributed by atoms with van der Waals surface area (Å²) in [5, 5.41) is 0. The largest absolute Gasteiger partial charge is 0.493 e. The molecule has 0 radical (unpaired) electrons. The van der Waals surface area contributed by atoms with Crippen LogP contribution in [0.3, 0.4) is 0 Å². The molecule has 0 unspecified atom stereocenters. The number of rotatable bonds is 4. The first kappa shape index (κ1) is 15.2. The van der Waals surface area contributed by atoms with Crippen molar-refractivity contribution in [1.82, 2.24) is 0 Å². The van der Waals surface area contributed by atoms with Gasteiger partial charge in [0.05, 0.1) is 14.2 Å². The number of ether oxygens (including phenoxy) is 2. The van der Waals surface area contributed by atoms with Gasteiger partial charge in [-0.25, -0.2) is 0 Å². The van der Waals surface area contributed by atoms with Gasteiger partial charge in [0.15, 0.2) is 11.5 Å². The Hall–Kier alpha value is -1.22. The number of benzene rings is 1. The molecule has 1 aromatic carbocycles. The van der Waals surface area contributed by atoms with Gasteiger partial charge in [-0.1, -0.05) is 26.8 Å². The van der Waals surface area contributed by atoms with Crippen molar-refractivity contribution in [3.8, 4) is 11.5 Å². The smallest absolute Gasteiger partial charge is 0.161 e. The first-order valence-corrected chi connectivity index (χ1v) is 7.29. The first-order chi connectivity index (χ1) is 9.36. The molecule has 0 aromatic heterocycles.